The van der Waals surface area contributed by atoms with Crippen LogP contribution in [0.1, 0.15) is 5.56 Å². The van der Waals surface area contributed by atoms with Gasteiger partial charge in [-0.15, -0.1) is 0 Å². The van der Waals surface area contributed by atoms with Gasteiger partial charge in [0.2, 0.25) is 17.7 Å². The Hall–Kier alpha value is -2.64. The van der Waals surface area contributed by atoms with Gasteiger partial charge in [-0.1, -0.05) is 35.3 Å². The molecule has 0 aliphatic carbocycles. The van der Waals surface area contributed by atoms with Crippen LogP contribution in [0.5, 0.6) is 0 Å². The highest BCUT2D eigenvalue weighted by Gasteiger charge is 2.15. The summed E-state index contributed by atoms with van der Waals surface area (Å²) in [7, 11) is 1.44. The number of nitrogens with one attached hydrogen (secondary N) is 2. The third-order valence-electron chi connectivity index (χ3n) is 3.70. The fourth-order valence-corrected chi connectivity index (χ4v) is 2.58. The highest BCUT2D eigenvalue weighted by Crippen LogP contribution is 2.24. The van der Waals surface area contributed by atoms with Crippen molar-refractivity contribution in [3.8, 4) is 0 Å². The lowest BCUT2D eigenvalue weighted by Crippen LogP contribution is -2.41. The van der Waals surface area contributed by atoms with Crippen LogP contribution in [0.3, 0.4) is 0 Å². The predicted molar refractivity (Wildman–Crippen MR) is 106 cm³/mol. The SMILES string of the molecule is CN(CC(=O)Nc1ccc(Cl)c(Cl)c1)C(=O)CNC(=O)Cc1cccc(F)c1. The lowest BCUT2D eigenvalue weighted by Gasteiger charge is -2.17. The van der Waals surface area contributed by atoms with E-state index in [2.05, 4.69) is 10.6 Å². The predicted octanol–water partition coefficient (Wildman–Crippen LogP) is 2.89. The molecule has 0 aliphatic rings. The van der Waals surface area contributed by atoms with Gasteiger partial charge in [0.25, 0.3) is 0 Å². The summed E-state index contributed by atoms with van der Waals surface area (Å²) in [6.07, 6.45) is -0.0490. The van der Waals surface area contributed by atoms with E-state index in [1.807, 2.05) is 0 Å². The number of halogens is 3. The zero-order chi connectivity index (χ0) is 20.7. The maximum Gasteiger partial charge on any atom is 0.243 e. The molecule has 0 aliphatic heterocycles. The van der Waals surface area contributed by atoms with E-state index in [0.29, 0.717) is 21.3 Å². The van der Waals surface area contributed by atoms with Gasteiger partial charge < -0.3 is 15.5 Å². The van der Waals surface area contributed by atoms with Crippen LogP contribution in [0, 0.1) is 5.82 Å². The van der Waals surface area contributed by atoms with Gasteiger partial charge in [-0.25, -0.2) is 4.39 Å². The van der Waals surface area contributed by atoms with Crippen LogP contribution >= 0.6 is 23.2 Å². The quantitative estimate of drug-likeness (QED) is 0.715. The summed E-state index contributed by atoms with van der Waals surface area (Å²) in [4.78, 5) is 37.1. The fraction of sp³-hybridized carbons (Fsp3) is 0.211. The standard InChI is InChI=1S/C19H18Cl2FN3O3/c1-25(11-18(27)24-14-5-6-15(20)16(21)9-14)19(28)10-23-17(26)8-12-3-2-4-13(22)7-12/h2-7,9H,8,10-11H2,1H3,(H,23,26)(H,24,27). The summed E-state index contributed by atoms with van der Waals surface area (Å²) in [5, 5.41) is 5.71. The maximum absolute atomic E-state index is 13.1. The first kappa shape index (κ1) is 21.7. The molecule has 2 aromatic carbocycles. The number of anilines is 1. The zero-order valence-electron chi connectivity index (χ0n) is 15.0. The average Bonchev–Trinajstić information content (AvgIpc) is 2.62. The number of nitrogens with zero attached hydrogens (tertiary/aromatic N) is 1. The summed E-state index contributed by atoms with van der Waals surface area (Å²) in [6, 6.07) is 10.3. The first-order valence-corrected chi connectivity index (χ1v) is 9.00. The van der Waals surface area contributed by atoms with Crippen molar-refractivity contribution in [3.63, 3.8) is 0 Å². The Morgan fingerprint density at radius 1 is 1.04 bits per heavy atom. The molecule has 0 bridgehead atoms. The third kappa shape index (κ3) is 6.83. The first-order valence-electron chi connectivity index (χ1n) is 8.24. The summed E-state index contributed by atoms with van der Waals surface area (Å²) >= 11 is 11.7. The van der Waals surface area contributed by atoms with Gasteiger partial charge in [-0.2, -0.15) is 0 Å². The Morgan fingerprint density at radius 2 is 1.79 bits per heavy atom. The van der Waals surface area contributed by atoms with E-state index in [-0.39, 0.29) is 19.5 Å². The molecule has 9 heteroatoms. The number of hydrogen-bond donors (Lipinski definition) is 2. The van der Waals surface area contributed by atoms with E-state index in [0.717, 1.165) is 0 Å². The number of hydrogen-bond acceptors (Lipinski definition) is 3. The largest absolute Gasteiger partial charge is 0.347 e. The Morgan fingerprint density at radius 3 is 2.46 bits per heavy atom. The van der Waals surface area contributed by atoms with Gasteiger partial charge in [-0.3, -0.25) is 14.4 Å². The number of likely N-dealkylation sites (N-methyl/N-ethyl adjacent to an activating group) is 1. The number of amides is 3. The van der Waals surface area contributed by atoms with Crippen molar-refractivity contribution >= 4 is 46.6 Å². The molecule has 2 aromatic rings. The van der Waals surface area contributed by atoms with Crippen molar-refractivity contribution in [1.29, 1.82) is 0 Å². The Labute approximate surface area is 171 Å². The molecule has 148 valence electrons. The van der Waals surface area contributed by atoms with Crippen LogP contribution in [0.25, 0.3) is 0 Å². The van der Waals surface area contributed by atoms with Gasteiger partial charge in [0.05, 0.1) is 29.6 Å². The van der Waals surface area contributed by atoms with E-state index in [9.17, 15) is 18.8 Å². The Bertz CT molecular complexity index is 892. The molecule has 28 heavy (non-hydrogen) atoms. The molecule has 2 N–H and O–H groups in total. The monoisotopic (exact) mass is 425 g/mol. The molecule has 0 aromatic heterocycles. The highest BCUT2D eigenvalue weighted by molar-refractivity contribution is 6.42. The summed E-state index contributed by atoms with van der Waals surface area (Å²) in [5.74, 6) is -1.74. The average molecular weight is 426 g/mol. The molecule has 0 heterocycles. The lowest BCUT2D eigenvalue weighted by atomic mass is 10.1. The maximum atomic E-state index is 13.1. The van der Waals surface area contributed by atoms with Gasteiger partial charge in [0.1, 0.15) is 5.82 Å². The van der Waals surface area contributed by atoms with E-state index >= 15 is 0 Å². The van der Waals surface area contributed by atoms with Gasteiger partial charge >= 0.3 is 0 Å². The number of rotatable bonds is 7. The molecule has 0 fully saturated rings. The third-order valence-corrected chi connectivity index (χ3v) is 4.44. The number of benzene rings is 2. The summed E-state index contributed by atoms with van der Waals surface area (Å²) < 4.78 is 13.1. The second kappa shape index (κ2) is 10.1. The minimum Gasteiger partial charge on any atom is -0.347 e. The molecule has 0 saturated heterocycles. The van der Waals surface area contributed by atoms with Crippen LogP contribution < -0.4 is 10.6 Å². The van der Waals surface area contributed by atoms with Crippen LogP contribution in [-0.2, 0) is 20.8 Å². The van der Waals surface area contributed by atoms with Crippen molar-refractivity contribution in [1.82, 2.24) is 10.2 Å². The van der Waals surface area contributed by atoms with E-state index in [4.69, 9.17) is 23.2 Å². The smallest absolute Gasteiger partial charge is 0.243 e. The number of carbonyl (C=O) groups is 3. The van der Waals surface area contributed by atoms with E-state index in [1.165, 1.54) is 36.2 Å². The molecular weight excluding hydrogens is 408 g/mol. The normalized spacial score (nSPS) is 10.3. The Kier molecular flexibility index (Phi) is 7.78. The van der Waals surface area contributed by atoms with Crippen LogP contribution in [-0.4, -0.2) is 42.8 Å². The topological polar surface area (TPSA) is 78.5 Å². The summed E-state index contributed by atoms with van der Waals surface area (Å²) in [5.41, 5.74) is 0.947. The lowest BCUT2D eigenvalue weighted by molar-refractivity contribution is -0.134. The van der Waals surface area contributed by atoms with Crippen LogP contribution in [0.2, 0.25) is 10.0 Å². The van der Waals surface area contributed by atoms with E-state index in [1.54, 1.807) is 18.2 Å². The molecule has 3 amide bonds. The number of carbonyl (C=O) groups excluding carboxylic acids is 3. The minimum absolute atomic E-state index is 0.0490. The molecule has 0 atom stereocenters. The fourth-order valence-electron chi connectivity index (χ4n) is 2.28. The van der Waals surface area contributed by atoms with Gasteiger partial charge in [0, 0.05) is 12.7 Å². The highest BCUT2D eigenvalue weighted by atomic mass is 35.5. The second-order valence-corrected chi connectivity index (χ2v) is 6.82. The summed E-state index contributed by atoms with van der Waals surface area (Å²) in [6.45, 7) is -0.483. The minimum atomic E-state index is -0.447. The van der Waals surface area contributed by atoms with Crippen molar-refractivity contribution in [2.24, 2.45) is 0 Å². The van der Waals surface area contributed by atoms with Crippen molar-refractivity contribution in [2.75, 3.05) is 25.5 Å². The van der Waals surface area contributed by atoms with Crippen molar-refractivity contribution < 1.29 is 18.8 Å². The van der Waals surface area contributed by atoms with Crippen LogP contribution in [0.15, 0.2) is 42.5 Å². The molecule has 0 saturated carbocycles. The first-order chi connectivity index (χ1) is 13.2. The van der Waals surface area contributed by atoms with Gasteiger partial charge in [-0.05, 0) is 35.9 Å². The van der Waals surface area contributed by atoms with E-state index < -0.39 is 23.5 Å². The van der Waals surface area contributed by atoms with Crippen molar-refractivity contribution in [2.45, 2.75) is 6.42 Å². The molecule has 0 unspecified atom stereocenters. The molecule has 2 rings (SSSR count). The molecular formula is C19H18Cl2FN3O3. The Balaban J connectivity index is 1.77. The molecule has 0 radical (unpaired) electrons. The second-order valence-electron chi connectivity index (χ2n) is 6.01. The van der Waals surface area contributed by atoms with Gasteiger partial charge in [0.15, 0.2) is 0 Å². The molecule has 6 nitrogen and oxygen atoms in total. The zero-order valence-corrected chi connectivity index (χ0v) is 16.5. The molecule has 0 spiro atoms. The van der Waals surface area contributed by atoms with Crippen LogP contribution in [0.4, 0.5) is 10.1 Å². The van der Waals surface area contributed by atoms with Crippen molar-refractivity contribution in [3.05, 3.63) is 63.9 Å².